The minimum absolute atomic E-state index is 0.161. The number of para-hydroxylation sites is 1. The molecule has 0 radical (unpaired) electrons. The molecule has 0 atom stereocenters. The van der Waals surface area contributed by atoms with E-state index >= 15 is 0 Å². The first-order chi connectivity index (χ1) is 12.8. The van der Waals surface area contributed by atoms with E-state index in [0.29, 0.717) is 18.2 Å². The van der Waals surface area contributed by atoms with Crippen molar-refractivity contribution in [1.82, 2.24) is 0 Å². The first-order valence-electron chi connectivity index (χ1n) is 9.62. The van der Waals surface area contributed by atoms with E-state index in [0.717, 1.165) is 24.1 Å². The molecule has 0 saturated carbocycles. The zero-order valence-electron chi connectivity index (χ0n) is 16.6. The van der Waals surface area contributed by atoms with Gasteiger partial charge in [0.1, 0.15) is 5.41 Å². The largest absolute Gasteiger partial charge is 0.325 e. The maximum absolute atomic E-state index is 13.2. The van der Waals surface area contributed by atoms with E-state index in [2.05, 4.69) is 25.2 Å². The topological polar surface area (TPSA) is 49.4 Å². The number of aryl methyl sites for hydroxylation is 1. The van der Waals surface area contributed by atoms with E-state index in [-0.39, 0.29) is 11.8 Å². The lowest BCUT2D eigenvalue weighted by molar-refractivity contribution is -0.136. The average molecular weight is 364 g/mol. The predicted molar refractivity (Wildman–Crippen MR) is 110 cm³/mol. The van der Waals surface area contributed by atoms with E-state index in [4.69, 9.17) is 0 Å². The van der Waals surface area contributed by atoms with Crippen molar-refractivity contribution >= 4 is 23.2 Å². The zero-order valence-corrected chi connectivity index (χ0v) is 16.6. The van der Waals surface area contributed by atoms with Crippen LogP contribution in [0.5, 0.6) is 0 Å². The number of hydrogen-bond donors (Lipinski definition) is 1. The summed E-state index contributed by atoms with van der Waals surface area (Å²) in [6.45, 7) is 8.31. The summed E-state index contributed by atoms with van der Waals surface area (Å²) in [4.78, 5) is 27.9. The number of carbonyl (C=O) groups is 2. The van der Waals surface area contributed by atoms with Crippen LogP contribution in [-0.2, 0) is 16.0 Å². The third kappa shape index (κ3) is 3.90. The van der Waals surface area contributed by atoms with Crippen LogP contribution in [-0.4, -0.2) is 18.4 Å². The molecule has 1 aliphatic rings. The first kappa shape index (κ1) is 19.2. The standard InChI is InChI=1S/C23H28N2O2/c1-16(2)17-11-13-19(14-12-17)24-21(26)23(3,4)22(27)25-15-7-9-18-8-5-6-10-20(18)25/h5-6,8,10-14,16H,7,9,15H2,1-4H3,(H,24,26). The van der Waals surface area contributed by atoms with Crippen LogP contribution in [0.3, 0.4) is 0 Å². The second-order valence-electron chi connectivity index (χ2n) is 8.04. The number of hydrogen-bond acceptors (Lipinski definition) is 2. The van der Waals surface area contributed by atoms with E-state index in [1.807, 2.05) is 42.5 Å². The summed E-state index contributed by atoms with van der Waals surface area (Å²) in [5.41, 5.74) is 2.87. The van der Waals surface area contributed by atoms with Gasteiger partial charge in [-0.05, 0) is 61.9 Å². The van der Waals surface area contributed by atoms with Crippen LogP contribution < -0.4 is 10.2 Å². The lowest BCUT2D eigenvalue weighted by Gasteiger charge is -2.35. The van der Waals surface area contributed by atoms with Crippen molar-refractivity contribution in [2.24, 2.45) is 5.41 Å². The Morgan fingerprint density at radius 1 is 1.04 bits per heavy atom. The quantitative estimate of drug-likeness (QED) is 0.796. The fraction of sp³-hybridized carbons (Fsp3) is 0.391. The molecule has 142 valence electrons. The van der Waals surface area contributed by atoms with Gasteiger partial charge in [-0.1, -0.05) is 44.2 Å². The Labute approximate surface area is 161 Å². The van der Waals surface area contributed by atoms with Gasteiger partial charge in [-0.15, -0.1) is 0 Å². The molecule has 2 aromatic rings. The van der Waals surface area contributed by atoms with Crippen LogP contribution in [0.2, 0.25) is 0 Å². The molecular weight excluding hydrogens is 336 g/mol. The molecule has 0 unspecified atom stereocenters. The molecule has 0 aliphatic carbocycles. The van der Waals surface area contributed by atoms with Gasteiger partial charge in [0.2, 0.25) is 11.8 Å². The molecular formula is C23H28N2O2. The molecule has 27 heavy (non-hydrogen) atoms. The van der Waals surface area contributed by atoms with E-state index < -0.39 is 5.41 Å². The highest BCUT2D eigenvalue weighted by atomic mass is 16.2. The normalized spacial score (nSPS) is 14.0. The number of carbonyl (C=O) groups excluding carboxylic acids is 2. The van der Waals surface area contributed by atoms with E-state index in [1.165, 1.54) is 5.56 Å². The van der Waals surface area contributed by atoms with Gasteiger partial charge >= 0.3 is 0 Å². The minimum Gasteiger partial charge on any atom is -0.325 e. The van der Waals surface area contributed by atoms with E-state index in [9.17, 15) is 9.59 Å². The van der Waals surface area contributed by atoms with Crippen molar-refractivity contribution in [3.8, 4) is 0 Å². The number of fused-ring (bicyclic) bond motifs is 1. The molecule has 0 spiro atoms. The van der Waals surface area contributed by atoms with Gasteiger partial charge in [0.15, 0.2) is 0 Å². The Morgan fingerprint density at radius 3 is 2.37 bits per heavy atom. The molecule has 2 aromatic carbocycles. The first-order valence-corrected chi connectivity index (χ1v) is 9.62. The van der Waals surface area contributed by atoms with E-state index in [1.54, 1.807) is 18.7 Å². The number of amides is 2. The maximum Gasteiger partial charge on any atom is 0.242 e. The van der Waals surface area contributed by atoms with Crippen molar-refractivity contribution in [3.63, 3.8) is 0 Å². The van der Waals surface area contributed by atoms with Crippen LogP contribution >= 0.6 is 0 Å². The number of anilines is 2. The van der Waals surface area contributed by atoms with Gasteiger partial charge in [-0.3, -0.25) is 9.59 Å². The molecule has 2 amide bonds. The van der Waals surface area contributed by atoms with Crippen LogP contribution in [0.1, 0.15) is 51.2 Å². The Kier molecular flexibility index (Phi) is 5.36. The van der Waals surface area contributed by atoms with Crippen molar-refractivity contribution in [2.75, 3.05) is 16.8 Å². The second kappa shape index (κ2) is 7.55. The Hall–Kier alpha value is -2.62. The summed E-state index contributed by atoms with van der Waals surface area (Å²) in [5.74, 6) is -0.00857. The Bertz CT molecular complexity index is 838. The number of nitrogens with zero attached hydrogens (tertiary/aromatic N) is 1. The summed E-state index contributed by atoms with van der Waals surface area (Å²) >= 11 is 0. The van der Waals surface area contributed by atoms with Gasteiger partial charge in [0.05, 0.1) is 0 Å². The molecule has 1 aliphatic heterocycles. The molecule has 1 N–H and O–H groups in total. The number of nitrogens with one attached hydrogen (secondary N) is 1. The van der Waals surface area contributed by atoms with Crippen LogP contribution in [0.4, 0.5) is 11.4 Å². The van der Waals surface area contributed by atoms with Gasteiger partial charge in [0, 0.05) is 17.9 Å². The molecule has 1 heterocycles. The molecule has 0 saturated heterocycles. The lowest BCUT2D eigenvalue weighted by atomic mass is 9.88. The lowest BCUT2D eigenvalue weighted by Crippen LogP contribution is -2.49. The third-order valence-corrected chi connectivity index (χ3v) is 5.29. The summed E-state index contributed by atoms with van der Waals surface area (Å²) in [5, 5.41) is 2.91. The summed E-state index contributed by atoms with van der Waals surface area (Å²) in [6.07, 6.45) is 1.88. The monoisotopic (exact) mass is 364 g/mol. The van der Waals surface area contributed by atoms with Crippen molar-refractivity contribution in [1.29, 1.82) is 0 Å². The maximum atomic E-state index is 13.2. The van der Waals surface area contributed by atoms with Gasteiger partial charge in [-0.25, -0.2) is 0 Å². The van der Waals surface area contributed by atoms with Crippen molar-refractivity contribution < 1.29 is 9.59 Å². The van der Waals surface area contributed by atoms with Gasteiger partial charge in [0.25, 0.3) is 0 Å². The van der Waals surface area contributed by atoms with Crippen LogP contribution in [0, 0.1) is 5.41 Å². The number of benzene rings is 2. The number of rotatable bonds is 4. The third-order valence-electron chi connectivity index (χ3n) is 5.29. The highest BCUT2D eigenvalue weighted by Gasteiger charge is 2.40. The smallest absolute Gasteiger partial charge is 0.242 e. The average Bonchev–Trinajstić information content (AvgIpc) is 2.67. The molecule has 0 fully saturated rings. The minimum atomic E-state index is -1.15. The molecule has 4 nitrogen and oxygen atoms in total. The van der Waals surface area contributed by atoms with Crippen LogP contribution in [0.15, 0.2) is 48.5 Å². The molecule has 0 bridgehead atoms. The fourth-order valence-electron chi connectivity index (χ4n) is 3.42. The van der Waals surface area contributed by atoms with Gasteiger partial charge < -0.3 is 10.2 Å². The summed E-state index contributed by atoms with van der Waals surface area (Å²) < 4.78 is 0. The van der Waals surface area contributed by atoms with Crippen LogP contribution in [0.25, 0.3) is 0 Å². The SMILES string of the molecule is CC(C)c1ccc(NC(=O)C(C)(C)C(=O)N2CCCc3ccccc32)cc1. The summed E-state index contributed by atoms with van der Waals surface area (Å²) in [6, 6.07) is 15.8. The zero-order chi connectivity index (χ0) is 19.6. The van der Waals surface area contributed by atoms with Crippen molar-refractivity contribution in [3.05, 3.63) is 59.7 Å². The second-order valence-corrected chi connectivity index (χ2v) is 8.04. The van der Waals surface area contributed by atoms with Crippen molar-refractivity contribution in [2.45, 2.75) is 46.5 Å². The fourth-order valence-corrected chi connectivity index (χ4v) is 3.42. The predicted octanol–water partition coefficient (Wildman–Crippen LogP) is 4.75. The Morgan fingerprint density at radius 2 is 1.70 bits per heavy atom. The molecule has 4 heteroatoms. The molecule has 3 rings (SSSR count). The molecule has 0 aromatic heterocycles. The summed E-state index contributed by atoms with van der Waals surface area (Å²) in [7, 11) is 0. The highest BCUT2D eigenvalue weighted by molar-refractivity contribution is 6.15. The highest BCUT2D eigenvalue weighted by Crippen LogP contribution is 2.31. The van der Waals surface area contributed by atoms with Gasteiger partial charge in [-0.2, -0.15) is 0 Å². The Balaban J connectivity index is 1.77.